The fourth-order valence-corrected chi connectivity index (χ4v) is 6.12. The summed E-state index contributed by atoms with van der Waals surface area (Å²) in [6.45, 7) is 6.74. The predicted octanol–water partition coefficient (Wildman–Crippen LogP) is 3.43. The van der Waals surface area contributed by atoms with Crippen molar-refractivity contribution in [3.8, 4) is 17.2 Å². The van der Waals surface area contributed by atoms with E-state index in [4.69, 9.17) is 14.5 Å². The average molecular weight is 634 g/mol. The van der Waals surface area contributed by atoms with Gasteiger partial charge in [0.15, 0.2) is 16.3 Å². The molecule has 1 N–H and O–H groups in total. The maximum atomic E-state index is 13.9. The van der Waals surface area contributed by atoms with E-state index >= 15 is 0 Å². The van der Waals surface area contributed by atoms with Crippen molar-refractivity contribution in [2.45, 2.75) is 26.8 Å². The van der Waals surface area contributed by atoms with Gasteiger partial charge in [-0.25, -0.2) is 4.99 Å². The highest BCUT2D eigenvalue weighted by Gasteiger charge is 2.35. The Hall–Kier alpha value is -3.12. The van der Waals surface area contributed by atoms with Gasteiger partial charge in [-0.1, -0.05) is 29.5 Å². The van der Waals surface area contributed by atoms with E-state index in [0.29, 0.717) is 59.9 Å². The minimum atomic E-state index is -0.697. The van der Waals surface area contributed by atoms with E-state index in [-0.39, 0.29) is 17.2 Å². The molecule has 1 amide bonds. The Morgan fingerprint density at radius 3 is 2.51 bits per heavy atom. The van der Waals surface area contributed by atoms with E-state index in [0.717, 1.165) is 0 Å². The van der Waals surface area contributed by atoms with Crippen LogP contribution < -0.4 is 24.4 Å². The lowest BCUT2D eigenvalue weighted by Gasteiger charge is -2.29. The molecule has 1 atom stereocenters. The molecule has 37 heavy (non-hydrogen) atoms. The van der Waals surface area contributed by atoms with Crippen LogP contribution in [-0.2, 0) is 4.79 Å². The molecule has 0 spiro atoms. The zero-order chi connectivity index (χ0) is 26.9. The number of likely N-dealkylation sites (N-methyl/N-ethyl adjacent to an activating group) is 1. The van der Waals surface area contributed by atoms with Crippen LogP contribution in [0.5, 0.6) is 17.2 Å². The molecule has 8 nitrogen and oxygen atoms in total. The van der Waals surface area contributed by atoms with E-state index in [9.17, 15) is 14.7 Å². The van der Waals surface area contributed by atoms with Crippen LogP contribution in [0.4, 0.5) is 0 Å². The second-order valence-corrected chi connectivity index (χ2v) is 10.5. The molecule has 0 radical (unpaired) electrons. The van der Waals surface area contributed by atoms with Gasteiger partial charge in [0.05, 0.1) is 33.6 Å². The third-order valence-corrected chi connectivity index (χ3v) is 8.11. The third kappa shape index (κ3) is 4.91. The maximum absolute atomic E-state index is 13.9. The number of allylic oxidation sites excluding steroid dienone is 1. The van der Waals surface area contributed by atoms with Crippen molar-refractivity contribution in [1.29, 1.82) is 0 Å². The number of rotatable bonds is 7. The lowest BCUT2D eigenvalue weighted by Crippen LogP contribution is -2.43. The van der Waals surface area contributed by atoms with Crippen molar-refractivity contribution >= 4 is 45.9 Å². The number of hydrogen-bond acceptors (Lipinski definition) is 7. The molecule has 0 saturated carbocycles. The number of ether oxygens (including phenoxy) is 2. The van der Waals surface area contributed by atoms with Crippen LogP contribution in [0.15, 0.2) is 57.5 Å². The highest BCUT2D eigenvalue weighted by Crippen LogP contribution is 2.36. The van der Waals surface area contributed by atoms with Gasteiger partial charge in [-0.3, -0.25) is 14.2 Å². The minimum Gasteiger partial charge on any atom is -0.504 e. The number of amides is 1. The Morgan fingerprint density at radius 2 is 1.86 bits per heavy atom. The molecule has 1 aliphatic heterocycles. The Balaban J connectivity index is 2.00. The van der Waals surface area contributed by atoms with E-state index in [1.54, 1.807) is 34.8 Å². The van der Waals surface area contributed by atoms with E-state index in [1.165, 1.54) is 18.4 Å². The van der Waals surface area contributed by atoms with Crippen molar-refractivity contribution in [3.05, 3.63) is 82.1 Å². The Bertz CT molecular complexity index is 1570. The number of nitrogens with zero attached hydrogens (tertiary/aromatic N) is 3. The third-order valence-electron chi connectivity index (χ3n) is 6.30. The van der Waals surface area contributed by atoms with Gasteiger partial charge in [-0.05, 0) is 73.2 Å². The van der Waals surface area contributed by atoms with Crippen LogP contribution in [0, 0.1) is 3.57 Å². The summed E-state index contributed by atoms with van der Waals surface area (Å²) >= 11 is 3.27. The Kier molecular flexibility index (Phi) is 8.08. The average Bonchev–Trinajstić information content (AvgIpc) is 3.19. The fourth-order valence-electron chi connectivity index (χ4n) is 4.45. The molecule has 10 heteroatoms. The van der Waals surface area contributed by atoms with Gasteiger partial charge in [-0.15, -0.1) is 0 Å². The quantitative estimate of drug-likeness (QED) is 0.403. The molecule has 0 saturated heterocycles. The fraction of sp³-hybridized carbons (Fsp3) is 0.296. The number of aromatic nitrogens is 1. The van der Waals surface area contributed by atoms with Crippen molar-refractivity contribution in [2.24, 2.45) is 4.99 Å². The van der Waals surface area contributed by atoms with Gasteiger partial charge in [-0.2, -0.15) is 0 Å². The molecular weight excluding hydrogens is 605 g/mol. The molecule has 3 aromatic rings. The van der Waals surface area contributed by atoms with E-state index < -0.39 is 6.04 Å². The zero-order valence-corrected chi connectivity index (χ0v) is 24.2. The first-order valence-corrected chi connectivity index (χ1v) is 13.7. The van der Waals surface area contributed by atoms with Crippen LogP contribution in [0.1, 0.15) is 37.9 Å². The smallest absolute Gasteiger partial charge is 0.271 e. The first kappa shape index (κ1) is 26.9. The van der Waals surface area contributed by atoms with Gasteiger partial charge in [0.1, 0.15) is 11.8 Å². The van der Waals surface area contributed by atoms with Crippen molar-refractivity contribution < 1.29 is 19.4 Å². The van der Waals surface area contributed by atoms with Crippen LogP contribution in [0.2, 0.25) is 0 Å². The molecule has 0 bridgehead atoms. The van der Waals surface area contributed by atoms with Crippen molar-refractivity contribution in [1.82, 2.24) is 9.47 Å². The topological polar surface area (TPSA) is 93.4 Å². The number of phenolic OH excluding ortho intramolecular Hbond substituents is 1. The van der Waals surface area contributed by atoms with E-state index in [2.05, 4.69) is 0 Å². The maximum Gasteiger partial charge on any atom is 0.271 e. The zero-order valence-electron chi connectivity index (χ0n) is 21.2. The Labute approximate surface area is 232 Å². The number of thiazole rings is 1. The monoisotopic (exact) mass is 633 g/mol. The van der Waals surface area contributed by atoms with Crippen LogP contribution in [0.3, 0.4) is 0 Å². The summed E-state index contributed by atoms with van der Waals surface area (Å²) in [6.07, 6.45) is 1.75. The number of hydrogen-bond donors (Lipinski definition) is 1. The number of phenols is 1. The van der Waals surface area contributed by atoms with Crippen LogP contribution in [-0.4, -0.2) is 47.8 Å². The standard InChI is InChI=1S/C27H28IN3O5S/c1-6-30(7-2)26(34)22-15(3)29-27-31(23(22)17-10-8-9-11-19(17)35-4)25(33)21(37-27)14-16-12-18(28)24(32)20(13-16)36-5/h8-14,23,32H,6-7H2,1-5H3/b21-14+/t23-/m1/s1. The number of para-hydroxylation sites is 1. The summed E-state index contributed by atoms with van der Waals surface area (Å²) in [5.74, 6) is 0.794. The number of aromatic hydroxyl groups is 1. The summed E-state index contributed by atoms with van der Waals surface area (Å²) in [5.41, 5.74) is 2.17. The SMILES string of the molecule is CCN(CC)C(=O)C1=C(C)N=c2s/c(=C/c3cc(I)c(O)c(OC)c3)c(=O)n2[C@@H]1c1ccccc1OC. The normalized spacial score (nSPS) is 15.3. The van der Waals surface area contributed by atoms with Crippen LogP contribution >= 0.6 is 33.9 Å². The van der Waals surface area contributed by atoms with Gasteiger partial charge >= 0.3 is 0 Å². The molecule has 1 aromatic heterocycles. The molecule has 0 unspecified atom stereocenters. The first-order valence-electron chi connectivity index (χ1n) is 11.8. The molecule has 2 aromatic carbocycles. The Morgan fingerprint density at radius 1 is 1.19 bits per heavy atom. The predicted molar refractivity (Wildman–Crippen MR) is 152 cm³/mol. The van der Waals surface area contributed by atoms with Crippen molar-refractivity contribution in [2.75, 3.05) is 27.3 Å². The molecule has 194 valence electrons. The van der Waals surface area contributed by atoms with Crippen molar-refractivity contribution in [3.63, 3.8) is 0 Å². The lowest BCUT2D eigenvalue weighted by atomic mass is 9.94. The highest BCUT2D eigenvalue weighted by atomic mass is 127. The number of carbonyl (C=O) groups excluding carboxylic acids is 1. The summed E-state index contributed by atoms with van der Waals surface area (Å²) in [5, 5.41) is 10.2. The minimum absolute atomic E-state index is 0.0491. The molecule has 4 rings (SSSR count). The first-order chi connectivity index (χ1) is 17.7. The number of methoxy groups -OCH3 is 2. The second-order valence-electron chi connectivity index (χ2n) is 8.35. The second kappa shape index (κ2) is 11.1. The van der Waals surface area contributed by atoms with E-state index in [1.807, 2.05) is 67.6 Å². The molecule has 2 heterocycles. The summed E-state index contributed by atoms with van der Waals surface area (Å²) < 4.78 is 13.6. The molecule has 1 aliphatic rings. The number of fused-ring (bicyclic) bond motifs is 1. The number of benzene rings is 2. The number of halogens is 1. The summed E-state index contributed by atoms with van der Waals surface area (Å²) in [4.78, 5) is 34.6. The largest absolute Gasteiger partial charge is 0.504 e. The van der Waals surface area contributed by atoms with Gasteiger partial charge in [0, 0.05) is 18.7 Å². The summed E-state index contributed by atoms with van der Waals surface area (Å²) in [6, 6.07) is 10.2. The van der Waals surface area contributed by atoms with Gasteiger partial charge in [0.2, 0.25) is 0 Å². The van der Waals surface area contributed by atoms with Gasteiger partial charge in [0.25, 0.3) is 11.5 Å². The lowest BCUT2D eigenvalue weighted by molar-refractivity contribution is -0.127. The van der Waals surface area contributed by atoms with Gasteiger partial charge < -0.3 is 19.5 Å². The molecule has 0 fully saturated rings. The summed E-state index contributed by atoms with van der Waals surface area (Å²) in [7, 11) is 3.05. The molecule has 0 aliphatic carbocycles. The molecular formula is C27H28IN3O5S. The van der Waals surface area contributed by atoms with Crippen LogP contribution in [0.25, 0.3) is 6.08 Å². The number of carbonyl (C=O) groups is 1. The highest BCUT2D eigenvalue weighted by molar-refractivity contribution is 14.1.